The van der Waals surface area contributed by atoms with E-state index >= 15 is 0 Å². The third-order valence-corrected chi connectivity index (χ3v) is 1.96. The molecule has 0 N–H and O–H groups in total. The third kappa shape index (κ3) is 2.26. The number of nitrogens with zero attached hydrogens (tertiary/aromatic N) is 1. The lowest BCUT2D eigenvalue weighted by Crippen LogP contribution is -1.92. The van der Waals surface area contributed by atoms with Crippen molar-refractivity contribution in [3.8, 4) is 0 Å². The molecule has 0 saturated carbocycles. The van der Waals surface area contributed by atoms with Crippen molar-refractivity contribution in [2.75, 3.05) is 0 Å². The van der Waals surface area contributed by atoms with Gasteiger partial charge in [0.1, 0.15) is 0 Å². The van der Waals surface area contributed by atoms with E-state index in [1.807, 2.05) is 13.0 Å². The average molecular weight is 218 g/mol. The highest BCUT2D eigenvalue weighted by atomic mass is 79.9. The van der Waals surface area contributed by atoms with Crippen LogP contribution in [-0.4, -0.2) is 4.98 Å². The summed E-state index contributed by atoms with van der Waals surface area (Å²) in [5.74, 6) is -0.420. The summed E-state index contributed by atoms with van der Waals surface area (Å²) < 4.78 is 13.2. The first-order valence-corrected chi connectivity index (χ1v) is 4.34. The number of rotatable bonds is 2. The number of pyridine rings is 1. The predicted octanol–water partition coefficient (Wildman–Crippen LogP) is 2.94. The third-order valence-electron chi connectivity index (χ3n) is 1.37. The maximum atomic E-state index is 12.7. The number of hydrogen-bond acceptors (Lipinski definition) is 1. The molecule has 0 radical (unpaired) electrons. The fraction of sp³-hybridized carbons (Fsp3) is 0.375. The van der Waals surface area contributed by atoms with Crippen molar-refractivity contribution in [3.05, 3.63) is 28.2 Å². The van der Waals surface area contributed by atoms with Crippen LogP contribution in [0.1, 0.15) is 19.0 Å². The Hall–Kier alpha value is -0.440. The van der Waals surface area contributed by atoms with E-state index in [-0.39, 0.29) is 0 Å². The minimum Gasteiger partial charge on any atom is -0.224 e. The first-order chi connectivity index (χ1) is 5.24. The van der Waals surface area contributed by atoms with Gasteiger partial charge in [0.2, 0.25) is 5.95 Å². The Bertz CT molecular complexity index is 250. The summed E-state index contributed by atoms with van der Waals surface area (Å²) in [5, 5.41) is 0. The minimum atomic E-state index is -0.420. The van der Waals surface area contributed by atoms with Gasteiger partial charge in [0.05, 0.1) is 4.47 Å². The number of halogens is 2. The van der Waals surface area contributed by atoms with Gasteiger partial charge in [-0.3, -0.25) is 0 Å². The molecule has 0 spiro atoms. The van der Waals surface area contributed by atoms with E-state index < -0.39 is 5.95 Å². The first-order valence-electron chi connectivity index (χ1n) is 3.55. The molecular formula is C8H9BrFN. The monoisotopic (exact) mass is 217 g/mol. The van der Waals surface area contributed by atoms with E-state index in [0.29, 0.717) is 4.47 Å². The fourth-order valence-electron chi connectivity index (χ4n) is 0.850. The highest BCUT2D eigenvalue weighted by molar-refractivity contribution is 9.10. The molecule has 60 valence electrons. The molecule has 0 fully saturated rings. The zero-order valence-electron chi connectivity index (χ0n) is 6.27. The second-order valence-corrected chi connectivity index (χ2v) is 3.18. The van der Waals surface area contributed by atoms with Crippen LogP contribution in [0.4, 0.5) is 4.39 Å². The lowest BCUT2D eigenvalue weighted by Gasteiger charge is -1.97. The Morgan fingerprint density at radius 3 is 2.82 bits per heavy atom. The van der Waals surface area contributed by atoms with Gasteiger partial charge in [0.25, 0.3) is 0 Å². The summed E-state index contributed by atoms with van der Waals surface area (Å²) in [6, 6.07) is 3.52. The summed E-state index contributed by atoms with van der Waals surface area (Å²) in [4.78, 5) is 3.75. The quantitative estimate of drug-likeness (QED) is 0.695. The van der Waals surface area contributed by atoms with Crippen LogP contribution in [0.3, 0.4) is 0 Å². The summed E-state index contributed by atoms with van der Waals surface area (Å²) in [6.07, 6.45) is 1.83. The van der Waals surface area contributed by atoms with E-state index in [1.54, 1.807) is 6.07 Å². The Morgan fingerprint density at radius 1 is 1.55 bits per heavy atom. The Balaban J connectivity index is 2.86. The van der Waals surface area contributed by atoms with Gasteiger partial charge in [-0.15, -0.1) is 0 Å². The van der Waals surface area contributed by atoms with Crippen LogP contribution in [-0.2, 0) is 6.42 Å². The normalized spacial score (nSPS) is 10.1. The number of aryl methyl sites for hydroxylation is 1. The van der Waals surface area contributed by atoms with E-state index in [4.69, 9.17) is 0 Å². The molecule has 1 rings (SSSR count). The summed E-state index contributed by atoms with van der Waals surface area (Å²) in [5.41, 5.74) is 0.813. The van der Waals surface area contributed by atoms with Crippen molar-refractivity contribution < 1.29 is 4.39 Å². The van der Waals surface area contributed by atoms with E-state index in [0.717, 1.165) is 18.5 Å². The largest absolute Gasteiger partial charge is 0.227 e. The summed E-state index contributed by atoms with van der Waals surface area (Å²) >= 11 is 3.04. The number of aromatic nitrogens is 1. The molecule has 1 heterocycles. The first kappa shape index (κ1) is 8.65. The van der Waals surface area contributed by atoms with Gasteiger partial charge >= 0.3 is 0 Å². The Kier molecular flexibility index (Phi) is 3.00. The SMILES string of the molecule is CCCc1ccc(Br)c(F)n1. The van der Waals surface area contributed by atoms with Gasteiger partial charge in [0, 0.05) is 5.69 Å². The van der Waals surface area contributed by atoms with Gasteiger partial charge in [-0.25, -0.2) is 4.98 Å². The van der Waals surface area contributed by atoms with Crippen molar-refractivity contribution in [2.45, 2.75) is 19.8 Å². The summed E-state index contributed by atoms with van der Waals surface area (Å²) in [7, 11) is 0. The molecule has 0 aromatic carbocycles. The molecular weight excluding hydrogens is 209 g/mol. The average Bonchev–Trinajstić information content (AvgIpc) is 1.98. The van der Waals surface area contributed by atoms with Gasteiger partial charge in [-0.1, -0.05) is 13.3 Å². The van der Waals surface area contributed by atoms with E-state index in [9.17, 15) is 4.39 Å². The molecule has 1 aromatic heterocycles. The van der Waals surface area contributed by atoms with Crippen LogP contribution in [0.25, 0.3) is 0 Å². The van der Waals surface area contributed by atoms with Crippen LogP contribution in [0.5, 0.6) is 0 Å². The maximum absolute atomic E-state index is 12.7. The van der Waals surface area contributed by atoms with Gasteiger partial charge in [0.15, 0.2) is 0 Å². The van der Waals surface area contributed by atoms with Crippen molar-refractivity contribution in [2.24, 2.45) is 0 Å². The second kappa shape index (κ2) is 3.81. The molecule has 0 amide bonds. The lowest BCUT2D eigenvalue weighted by molar-refractivity contribution is 0.569. The molecule has 0 unspecified atom stereocenters. The molecule has 0 bridgehead atoms. The lowest BCUT2D eigenvalue weighted by atomic mass is 10.2. The Morgan fingerprint density at radius 2 is 2.27 bits per heavy atom. The van der Waals surface area contributed by atoms with Crippen LogP contribution in [0.15, 0.2) is 16.6 Å². The smallest absolute Gasteiger partial charge is 0.224 e. The van der Waals surface area contributed by atoms with Crippen LogP contribution >= 0.6 is 15.9 Å². The summed E-state index contributed by atoms with van der Waals surface area (Å²) in [6.45, 7) is 2.04. The van der Waals surface area contributed by atoms with E-state index in [2.05, 4.69) is 20.9 Å². The fourth-order valence-corrected chi connectivity index (χ4v) is 1.07. The molecule has 0 aliphatic rings. The highest BCUT2D eigenvalue weighted by Crippen LogP contribution is 2.13. The van der Waals surface area contributed by atoms with Crippen LogP contribution in [0, 0.1) is 5.95 Å². The molecule has 0 saturated heterocycles. The molecule has 11 heavy (non-hydrogen) atoms. The predicted molar refractivity (Wildman–Crippen MR) is 45.9 cm³/mol. The molecule has 1 nitrogen and oxygen atoms in total. The minimum absolute atomic E-state index is 0.420. The topological polar surface area (TPSA) is 12.9 Å². The zero-order chi connectivity index (χ0) is 8.27. The number of hydrogen-bond donors (Lipinski definition) is 0. The standard InChI is InChI=1S/C8H9BrFN/c1-2-3-6-4-5-7(9)8(10)11-6/h4-5H,2-3H2,1H3. The maximum Gasteiger partial charge on any atom is 0.227 e. The molecule has 3 heteroatoms. The van der Waals surface area contributed by atoms with Crippen LogP contribution in [0.2, 0.25) is 0 Å². The van der Waals surface area contributed by atoms with E-state index in [1.165, 1.54) is 0 Å². The molecule has 0 atom stereocenters. The highest BCUT2D eigenvalue weighted by Gasteiger charge is 2.00. The van der Waals surface area contributed by atoms with Crippen molar-refractivity contribution in [1.82, 2.24) is 4.98 Å². The zero-order valence-corrected chi connectivity index (χ0v) is 7.86. The van der Waals surface area contributed by atoms with Crippen molar-refractivity contribution in [1.29, 1.82) is 0 Å². The van der Waals surface area contributed by atoms with Gasteiger partial charge in [-0.2, -0.15) is 4.39 Å². The Labute approximate surface area is 73.8 Å². The van der Waals surface area contributed by atoms with Crippen molar-refractivity contribution in [3.63, 3.8) is 0 Å². The van der Waals surface area contributed by atoms with Gasteiger partial charge < -0.3 is 0 Å². The van der Waals surface area contributed by atoms with Crippen molar-refractivity contribution >= 4 is 15.9 Å². The second-order valence-electron chi connectivity index (χ2n) is 2.33. The molecule has 0 aliphatic carbocycles. The molecule has 0 aliphatic heterocycles. The molecule has 1 aromatic rings. The van der Waals surface area contributed by atoms with Gasteiger partial charge in [-0.05, 0) is 34.5 Å². The van der Waals surface area contributed by atoms with Crippen LogP contribution < -0.4 is 0 Å².